The SMILES string of the molecule is CC1(C)CCC(CN(Cc2cccs2)C2CC2)C1O. The van der Waals surface area contributed by atoms with Crippen LogP contribution in [0.25, 0.3) is 0 Å². The molecule has 0 aliphatic heterocycles. The fraction of sp³-hybridized carbons (Fsp3) is 0.750. The van der Waals surface area contributed by atoms with Gasteiger partial charge in [0, 0.05) is 24.0 Å². The van der Waals surface area contributed by atoms with Crippen molar-refractivity contribution in [3.05, 3.63) is 22.4 Å². The van der Waals surface area contributed by atoms with E-state index >= 15 is 0 Å². The minimum Gasteiger partial charge on any atom is -0.392 e. The number of nitrogens with zero attached hydrogens (tertiary/aromatic N) is 1. The van der Waals surface area contributed by atoms with Crippen molar-refractivity contribution in [3.8, 4) is 0 Å². The molecule has 0 radical (unpaired) electrons. The van der Waals surface area contributed by atoms with E-state index in [9.17, 15) is 5.11 Å². The second kappa shape index (κ2) is 5.19. The third kappa shape index (κ3) is 3.04. The van der Waals surface area contributed by atoms with Gasteiger partial charge in [-0.25, -0.2) is 0 Å². The summed E-state index contributed by atoms with van der Waals surface area (Å²) in [6.07, 6.45) is 4.91. The summed E-state index contributed by atoms with van der Waals surface area (Å²) < 4.78 is 0. The molecule has 1 aromatic rings. The van der Waals surface area contributed by atoms with Crippen LogP contribution in [0.3, 0.4) is 0 Å². The van der Waals surface area contributed by atoms with Crippen molar-refractivity contribution >= 4 is 11.3 Å². The number of aliphatic hydroxyl groups is 1. The number of thiophene rings is 1. The van der Waals surface area contributed by atoms with Crippen LogP contribution < -0.4 is 0 Å². The number of hydrogen-bond donors (Lipinski definition) is 1. The molecular formula is C16H25NOS. The Labute approximate surface area is 120 Å². The summed E-state index contributed by atoms with van der Waals surface area (Å²) in [4.78, 5) is 4.07. The van der Waals surface area contributed by atoms with Crippen LogP contribution in [0.1, 0.15) is 44.4 Å². The predicted molar refractivity (Wildman–Crippen MR) is 80.3 cm³/mol. The molecule has 2 saturated carbocycles. The van der Waals surface area contributed by atoms with Crippen LogP contribution in [0.2, 0.25) is 0 Å². The summed E-state index contributed by atoms with van der Waals surface area (Å²) in [5.41, 5.74) is 0.114. The lowest BCUT2D eigenvalue weighted by Gasteiger charge is -2.30. The van der Waals surface area contributed by atoms with Crippen molar-refractivity contribution in [1.29, 1.82) is 0 Å². The van der Waals surface area contributed by atoms with E-state index in [4.69, 9.17) is 0 Å². The molecule has 1 N–H and O–H groups in total. The maximum atomic E-state index is 10.5. The van der Waals surface area contributed by atoms with Crippen molar-refractivity contribution in [1.82, 2.24) is 4.90 Å². The van der Waals surface area contributed by atoms with Gasteiger partial charge in [-0.15, -0.1) is 11.3 Å². The summed E-state index contributed by atoms with van der Waals surface area (Å²) in [5, 5.41) is 12.6. The zero-order valence-corrected chi connectivity index (χ0v) is 12.8. The van der Waals surface area contributed by atoms with E-state index in [2.05, 4.69) is 36.3 Å². The molecule has 0 saturated heterocycles. The van der Waals surface area contributed by atoms with Crippen LogP contribution >= 0.6 is 11.3 Å². The van der Waals surface area contributed by atoms with E-state index in [1.807, 2.05) is 11.3 Å². The van der Waals surface area contributed by atoms with Gasteiger partial charge in [0.1, 0.15) is 0 Å². The summed E-state index contributed by atoms with van der Waals surface area (Å²) in [6.45, 7) is 6.57. The zero-order chi connectivity index (χ0) is 13.5. The van der Waals surface area contributed by atoms with E-state index in [-0.39, 0.29) is 11.5 Å². The Bertz CT molecular complexity index is 410. The molecular weight excluding hydrogens is 254 g/mol. The fourth-order valence-electron chi connectivity index (χ4n) is 3.38. The van der Waals surface area contributed by atoms with Gasteiger partial charge in [-0.1, -0.05) is 19.9 Å². The smallest absolute Gasteiger partial charge is 0.0631 e. The Morgan fingerprint density at radius 2 is 2.16 bits per heavy atom. The Morgan fingerprint density at radius 3 is 2.68 bits per heavy atom. The monoisotopic (exact) mass is 279 g/mol. The Hall–Kier alpha value is -0.380. The van der Waals surface area contributed by atoms with Crippen LogP contribution in [-0.2, 0) is 6.54 Å². The van der Waals surface area contributed by atoms with Gasteiger partial charge in [0.05, 0.1) is 6.10 Å². The van der Waals surface area contributed by atoms with Crippen molar-refractivity contribution in [2.45, 2.75) is 58.2 Å². The molecule has 2 fully saturated rings. The van der Waals surface area contributed by atoms with Crippen LogP contribution in [0, 0.1) is 11.3 Å². The van der Waals surface area contributed by atoms with Gasteiger partial charge < -0.3 is 5.11 Å². The number of rotatable bonds is 5. The van der Waals surface area contributed by atoms with Crippen LogP contribution in [0.15, 0.2) is 17.5 Å². The lowest BCUT2D eigenvalue weighted by atomic mass is 9.87. The van der Waals surface area contributed by atoms with Gasteiger partial charge in [-0.2, -0.15) is 0 Å². The van der Waals surface area contributed by atoms with Gasteiger partial charge >= 0.3 is 0 Å². The van der Waals surface area contributed by atoms with E-state index in [1.54, 1.807) is 0 Å². The van der Waals surface area contributed by atoms with Gasteiger partial charge in [0.2, 0.25) is 0 Å². The number of aliphatic hydroxyl groups excluding tert-OH is 1. The predicted octanol–water partition coefficient (Wildman–Crippen LogP) is 3.51. The van der Waals surface area contributed by atoms with E-state index in [1.165, 1.54) is 24.1 Å². The Kier molecular flexibility index (Phi) is 3.71. The van der Waals surface area contributed by atoms with Crippen LogP contribution in [0.5, 0.6) is 0 Å². The molecule has 2 unspecified atom stereocenters. The molecule has 2 aliphatic carbocycles. The molecule has 1 heterocycles. The minimum absolute atomic E-state index is 0.114. The standard InChI is InChI=1S/C16H25NOS/c1-16(2)8-7-12(15(16)18)10-17(13-5-6-13)11-14-4-3-9-19-14/h3-4,9,12-13,15,18H,5-8,10-11H2,1-2H3. The van der Waals surface area contributed by atoms with Gasteiger partial charge in [-0.3, -0.25) is 4.90 Å². The first-order valence-electron chi connectivity index (χ1n) is 7.51. The molecule has 2 aliphatic rings. The highest BCUT2D eigenvalue weighted by Gasteiger charge is 2.42. The highest BCUT2D eigenvalue weighted by atomic mass is 32.1. The molecule has 106 valence electrons. The van der Waals surface area contributed by atoms with Gasteiger partial charge in [-0.05, 0) is 48.5 Å². The lowest BCUT2D eigenvalue weighted by molar-refractivity contribution is 0.0305. The fourth-order valence-corrected chi connectivity index (χ4v) is 4.11. The first-order chi connectivity index (χ1) is 9.06. The van der Waals surface area contributed by atoms with Gasteiger partial charge in [0.25, 0.3) is 0 Å². The van der Waals surface area contributed by atoms with Crippen molar-refractivity contribution in [2.75, 3.05) is 6.54 Å². The molecule has 2 nitrogen and oxygen atoms in total. The Morgan fingerprint density at radius 1 is 1.37 bits per heavy atom. The summed E-state index contributed by atoms with van der Waals surface area (Å²) >= 11 is 1.85. The molecule has 3 rings (SSSR count). The first-order valence-corrected chi connectivity index (χ1v) is 8.39. The minimum atomic E-state index is -0.128. The summed E-state index contributed by atoms with van der Waals surface area (Å²) in [5.74, 6) is 0.468. The molecule has 19 heavy (non-hydrogen) atoms. The quantitative estimate of drug-likeness (QED) is 0.891. The molecule has 0 bridgehead atoms. The average molecular weight is 279 g/mol. The molecule has 3 heteroatoms. The first kappa shape index (κ1) is 13.6. The lowest BCUT2D eigenvalue weighted by Crippen LogP contribution is -2.37. The second-order valence-corrected chi connectivity index (χ2v) is 8.00. The maximum Gasteiger partial charge on any atom is 0.0631 e. The average Bonchev–Trinajstić information content (AvgIpc) is 3.04. The van der Waals surface area contributed by atoms with E-state index < -0.39 is 0 Å². The molecule has 2 atom stereocenters. The van der Waals surface area contributed by atoms with E-state index in [0.29, 0.717) is 5.92 Å². The number of hydrogen-bond acceptors (Lipinski definition) is 3. The van der Waals surface area contributed by atoms with Crippen LogP contribution in [0.4, 0.5) is 0 Å². The topological polar surface area (TPSA) is 23.5 Å². The summed E-state index contributed by atoms with van der Waals surface area (Å²) in [6, 6.07) is 5.14. The molecule has 0 spiro atoms. The van der Waals surface area contributed by atoms with E-state index in [0.717, 1.165) is 25.6 Å². The maximum absolute atomic E-state index is 10.5. The molecule has 0 amide bonds. The second-order valence-electron chi connectivity index (χ2n) is 6.97. The zero-order valence-electron chi connectivity index (χ0n) is 12.0. The highest BCUT2D eigenvalue weighted by Crippen LogP contribution is 2.42. The molecule has 1 aromatic heterocycles. The van der Waals surface area contributed by atoms with Crippen molar-refractivity contribution in [2.24, 2.45) is 11.3 Å². The molecule has 0 aromatic carbocycles. The van der Waals surface area contributed by atoms with Crippen molar-refractivity contribution in [3.63, 3.8) is 0 Å². The highest BCUT2D eigenvalue weighted by molar-refractivity contribution is 7.09. The Balaban J connectivity index is 1.62. The van der Waals surface area contributed by atoms with Crippen molar-refractivity contribution < 1.29 is 5.11 Å². The van der Waals surface area contributed by atoms with Gasteiger partial charge in [0.15, 0.2) is 0 Å². The normalized spacial score (nSPS) is 30.1. The third-order valence-corrected chi connectivity index (χ3v) is 5.74. The largest absolute Gasteiger partial charge is 0.392 e. The summed E-state index contributed by atoms with van der Waals surface area (Å²) in [7, 11) is 0. The van der Waals surface area contributed by atoms with Crippen LogP contribution in [-0.4, -0.2) is 28.7 Å². The third-order valence-electron chi connectivity index (χ3n) is 4.88.